The zero-order valence-corrected chi connectivity index (χ0v) is 12.5. The Morgan fingerprint density at radius 1 is 1.52 bits per heavy atom. The van der Waals surface area contributed by atoms with E-state index in [-0.39, 0.29) is 30.0 Å². The number of carbonyl (C=O) groups is 1. The summed E-state index contributed by atoms with van der Waals surface area (Å²) >= 11 is 0. The van der Waals surface area contributed by atoms with E-state index < -0.39 is 4.92 Å². The van der Waals surface area contributed by atoms with Gasteiger partial charge in [0.25, 0.3) is 0 Å². The highest BCUT2D eigenvalue weighted by Crippen LogP contribution is 2.31. The van der Waals surface area contributed by atoms with Gasteiger partial charge in [0.2, 0.25) is 5.91 Å². The van der Waals surface area contributed by atoms with Crippen molar-refractivity contribution in [2.45, 2.75) is 32.4 Å². The van der Waals surface area contributed by atoms with Crippen molar-refractivity contribution in [1.82, 2.24) is 9.78 Å². The Kier molecular flexibility index (Phi) is 3.81. The van der Waals surface area contributed by atoms with E-state index in [9.17, 15) is 19.3 Å². The number of halogens is 1. The molecule has 0 bridgehead atoms. The molecule has 0 aliphatic carbocycles. The highest BCUT2D eigenvalue weighted by molar-refractivity contribution is 5.95. The summed E-state index contributed by atoms with van der Waals surface area (Å²) < 4.78 is 14.6. The largest absolute Gasteiger partial charge is 0.308 e. The lowest BCUT2D eigenvalue weighted by Gasteiger charge is -2.35. The van der Waals surface area contributed by atoms with Gasteiger partial charge in [-0.05, 0) is 43.5 Å². The van der Waals surface area contributed by atoms with Gasteiger partial charge in [-0.25, -0.2) is 4.39 Å². The van der Waals surface area contributed by atoms with Crippen molar-refractivity contribution in [2.75, 3.05) is 4.90 Å². The third kappa shape index (κ3) is 2.92. The van der Waals surface area contributed by atoms with Crippen LogP contribution in [0.4, 0.5) is 15.8 Å². The Morgan fingerprint density at radius 2 is 2.30 bits per heavy atom. The van der Waals surface area contributed by atoms with E-state index in [4.69, 9.17) is 0 Å². The highest BCUT2D eigenvalue weighted by atomic mass is 19.1. The standard InChI is InChI=1S/C15H15FN4O3/c1-10-2-3-11-6-12(16)4-5-14(11)19(10)15(21)9-18-8-13(7-17-18)20(22)23/h4-8,10H,2-3,9H2,1H3. The number of nitro groups is 1. The van der Waals surface area contributed by atoms with Crippen molar-refractivity contribution < 1.29 is 14.1 Å². The molecule has 1 unspecified atom stereocenters. The molecule has 2 heterocycles. The maximum Gasteiger partial charge on any atom is 0.307 e. The molecule has 23 heavy (non-hydrogen) atoms. The van der Waals surface area contributed by atoms with E-state index in [0.717, 1.165) is 18.2 Å². The van der Waals surface area contributed by atoms with E-state index in [1.165, 1.54) is 23.0 Å². The van der Waals surface area contributed by atoms with Crippen molar-refractivity contribution in [2.24, 2.45) is 0 Å². The second-order valence-corrected chi connectivity index (χ2v) is 5.58. The first kappa shape index (κ1) is 15.1. The van der Waals surface area contributed by atoms with Crippen molar-refractivity contribution in [3.63, 3.8) is 0 Å². The first-order chi connectivity index (χ1) is 11.0. The van der Waals surface area contributed by atoms with Gasteiger partial charge in [0.05, 0.1) is 4.92 Å². The summed E-state index contributed by atoms with van der Waals surface area (Å²) in [5, 5.41) is 14.5. The van der Waals surface area contributed by atoms with Crippen molar-refractivity contribution in [1.29, 1.82) is 0 Å². The summed E-state index contributed by atoms with van der Waals surface area (Å²) in [6.45, 7) is 1.82. The van der Waals surface area contributed by atoms with Crippen molar-refractivity contribution >= 4 is 17.3 Å². The predicted molar refractivity (Wildman–Crippen MR) is 80.6 cm³/mol. The monoisotopic (exact) mass is 318 g/mol. The lowest BCUT2D eigenvalue weighted by Crippen LogP contribution is -2.43. The van der Waals surface area contributed by atoms with Crippen molar-refractivity contribution in [3.05, 3.63) is 52.1 Å². The lowest BCUT2D eigenvalue weighted by atomic mass is 9.96. The summed E-state index contributed by atoms with van der Waals surface area (Å²) in [6, 6.07) is 4.35. The molecule has 1 amide bonds. The molecule has 0 fully saturated rings. The number of rotatable bonds is 3. The molecule has 0 saturated carbocycles. The van der Waals surface area contributed by atoms with Gasteiger partial charge < -0.3 is 4.90 Å². The van der Waals surface area contributed by atoms with Crippen LogP contribution in [0, 0.1) is 15.9 Å². The highest BCUT2D eigenvalue weighted by Gasteiger charge is 2.28. The Balaban J connectivity index is 1.85. The van der Waals surface area contributed by atoms with Gasteiger partial charge in [-0.2, -0.15) is 5.10 Å². The zero-order chi connectivity index (χ0) is 16.6. The third-order valence-electron chi connectivity index (χ3n) is 3.97. The number of hydrogen-bond donors (Lipinski definition) is 0. The van der Waals surface area contributed by atoms with Crippen molar-refractivity contribution in [3.8, 4) is 0 Å². The number of anilines is 1. The number of fused-ring (bicyclic) bond motifs is 1. The van der Waals surface area contributed by atoms with Gasteiger partial charge in [0.1, 0.15) is 24.8 Å². The van der Waals surface area contributed by atoms with E-state index in [2.05, 4.69) is 5.10 Å². The summed E-state index contributed by atoms with van der Waals surface area (Å²) in [6.07, 6.45) is 3.78. The smallest absolute Gasteiger partial charge is 0.307 e. The number of nitrogens with zero attached hydrogens (tertiary/aromatic N) is 4. The second-order valence-electron chi connectivity index (χ2n) is 5.58. The Bertz CT molecular complexity index is 774. The molecule has 3 rings (SSSR count). The van der Waals surface area contributed by atoms with Gasteiger partial charge in [-0.15, -0.1) is 0 Å². The number of aryl methyl sites for hydroxylation is 1. The topological polar surface area (TPSA) is 81.3 Å². The van der Waals surface area contributed by atoms with Crippen LogP contribution in [0.3, 0.4) is 0 Å². The van der Waals surface area contributed by atoms with Crippen LogP contribution < -0.4 is 4.90 Å². The number of hydrogen-bond acceptors (Lipinski definition) is 4. The first-order valence-corrected chi connectivity index (χ1v) is 7.23. The molecule has 0 saturated heterocycles. The zero-order valence-electron chi connectivity index (χ0n) is 12.5. The number of benzene rings is 1. The van der Waals surface area contributed by atoms with E-state index in [1.807, 2.05) is 6.92 Å². The van der Waals surface area contributed by atoms with Crippen LogP contribution in [0.1, 0.15) is 18.9 Å². The van der Waals surface area contributed by atoms with Gasteiger partial charge in [-0.1, -0.05) is 0 Å². The molecular formula is C15H15FN4O3. The van der Waals surface area contributed by atoms with Crippen LogP contribution in [0.2, 0.25) is 0 Å². The van der Waals surface area contributed by atoms with Gasteiger partial charge in [-0.3, -0.25) is 19.6 Å². The van der Waals surface area contributed by atoms with Crippen LogP contribution in [0.5, 0.6) is 0 Å². The van der Waals surface area contributed by atoms with Crippen LogP contribution in [0.25, 0.3) is 0 Å². The molecule has 0 spiro atoms. The Labute approximate surface area is 131 Å². The molecule has 1 atom stereocenters. The summed E-state index contributed by atoms with van der Waals surface area (Å²) in [5.74, 6) is -0.559. The first-order valence-electron chi connectivity index (χ1n) is 7.23. The summed E-state index contributed by atoms with van der Waals surface area (Å²) in [7, 11) is 0. The number of aromatic nitrogens is 2. The number of carbonyl (C=O) groups excluding carboxylic acids is 1. The van der Waals surface area contributed by atoms with Crippen LogP contribution in [-0.4, -0.2) is 26.7 Å². The lowest BCUT2D eigenvalue weighted by molar-refractivity contribution is -0.385. The summed E-state index contributed by atoms with van der Waals surface area (Å²) in [4.78, 5) is 24.3. The molecule has 7 nitrogen and oxygen atoms in total. The molecule has 1 aliphatic heterocycles. The normalized spacial score (nSPS) is 17.0. The molecule has 1 aromatic heterocycles. The Hall–Kier alpha value is -2.77. The van der Waals surface area contributed by atoms with Crippen LogP contribution in [0.15, 0.2) is 30.6 Å². The van der Waals surface area contributed by atoms with Crippen LogP contribution in [-0.2, 0) is 17.8 Å². The Morgan fingerprint density at radius 3 is 3.00 bits per heavy atom. The van der Waals surface area contributed by atoms with Crippen LogP contribution >= 0.6 is 0 Å². The maximum absolute atomic E-state index is 13.4. The molecular weight excluding hydrogens is 303 g/mol. The molecule has 0 radical (unpaired) electrons. The molecule has 1 aromatic carbocycles. The van der Waals surface area contributed by atoms with E-state index in [1.54, 1.807) is 11.0 Å². The quantitative estimate of drug-likeness (QED) is 0.642. The predicted octanol–water partition coefficient (Wildman–Crippen LogP) is 2.30. The fourth-order valence-electron chi connectivity index (χ4n) is 2.85. The van der Waals surface area contributed by atoms with Gasteiger partial charge >= 0.3 is 5.69 Å². The molecule has 0 N–H and O–H groups in total. The van der Waals surface area contributed by atoms with E-state index in [0.29, 0.717) is 12.1 Å². The van der Waals surface area contributed by atoms with Gasteiger partial charge in [0.15, 0.2) is 0 Å². The fraction of sp³-hybridized carbons (Fsp3) is 0.333. The molecule has 2 aromatic rings. The minimum Gasteiger partial charge on any atom is -0.308 e. The minimum atomic E-state index is -0.560. The minimum absolute atomic E-state index is 0.0222. The third-order valence-corrected chi connectivity index (χ3v) is 3.97. The van der Waals surface area contributed by atoms with Gasteiger partial charge in [0, 0.05) is 11.7 Å². The number of amides is 1. The second kappa shape index (κ2) is 5.79. The molecule has 120 valence electrons. The van der Waals surface area contributed by atoms with E-state index >= 15 is 0 Å². The molecule has 1 aliphatic rings. The average Bonchev–Trinajstić information content (AvgIpc) is 2.96. The fourth-order valence-corrected chi connectivity index (χ4v) is 2.85. The average molecular weight is 318 g/mol. The summed E-state index contributed by atoms with van der Waals surface area (Å²) in [5.41, 5.74) is 1.33. The maximum atomic E-state index is 13.4. The molecule has 8 heteroatoms. The SMILES string of the molecule is CC1CCc2cc(F)ccc2N1C(=O)Cn1cc([N+](=O)[O-])cn1.